The maximum absolute atomic E-state index is 4.70. The van der Waals surface area contributed by atoms with Crippen molar-refractivity contribution in [3.05, 3.63) is 30.2 Å². The van der Waals surface area contributed by atoms with Crippen LogP contribution in [0.2, 0.25) is 0 Å². The average molecular weight is 302 g/mol. The summed E-state index contributed by atoms with van der Waals surface area (Å²) in [7, 11) is 2.09. The molecule has 0 amide bonds. The van der Waals surface area contributed by atoms with Crippen LogP contribution in [0.4, 0.5) is 0 Å². The minimum Gasteiger partial charge on any atom is -0.357 e. The van der Waals surface area contributed by atoms with Crippen LogP contribution in [0, 0.1) is 0 Å². The molecule has 0 atom stereocenters. The predicted molar refractivity (Wildman–Crippen MR) is 90.2 cm³/mol. The molecule has 0 aliphatic heterocycles. The molecule has 0 saturated heterocycles. The fourth-order valence-electron chi connectivity index (χ4n) is 2.29. The molecule has 1 N–H and O–H groups in total. The monoisotopic (exact) mass is 302 g/mol. The summed E-state index contributed by atoms with van der Waals surface area (Å²) < 4.78 is 2.02. The van der Waals surface area contributed by atoms with E-state index in [0.717, 1.165) is 36.9 Å². The molecule has 6 nitrogen and oxygen atoms in total. The van der Waals surface area contributed by atoms with Gasteiger partial charge in [-0.2, -0.15) is 0 Å². The first-order valence-corrected chi connectivity index (χ1v) is 8.04. The smallest absolute Gasteiger partial charge is 0.193 e. The predicted octanol–water partition coefficient (Wildman–Crippen LogP) is 1.97. The standard InChI is InChI=1S/C16H26N6/c1-4-6-12-21(3)16(17-5-2)18-11-10-15-20-19-14-9-7-8-13-22(14)15/h7-9,13H,4-6,10-12H2,1-3H3,(H,17,18). The minimum absolute atomic E-state index is 0.703. The van der Waals surface area contributed by atoms with Crippen LogP contribution in [0.25, 0.3) is 5.65 Å². The van der Waals surface area contributed by atoms with Gasteiger partial charge in [0.2, 0.25) is 0 Å². The fraction of sp³-hybridized carbons (Fsp3) is 0.562. The zero-order chi connectivity index (χ0) is 15.8. The molecule has 120 valence electrons. The van der Waals surface area contributed by atoms with Crippen LogP contribution in [0.1, 0.15) is 32.5 Å². The third-order valence-corrected chi connectivity index (χ3v) is 3.52. The highest BCUT2D eigenvalue weighted by Crippen LogP contribution is 2.03. The Hall–Kier alpha value is -2.11. The summed E-state index contributed by atoms with van der Waals surface area (Å²) in [5.41, 5.74) is 0.883. The zero-order valence-corrected chi connectivity index (χ0v) is 13.8. The fourth-order valence-corrected chi connectivity index (χ4v) is 2.29. The first kappa shape index (κ1) is 16.3. The van der Waals surface area contributed by atoms with Gasteiger partial charge in [0, 0.05) is 39.3 Å². The maximum Gasteiger partial charge on any atom is 0.193 e. The van der Waals surface area contributed by atoms with Gasteiger partial charge in [-0.05, 0) is 25.5 Å². The number of nitrogens with one attached hydrogen (secondary N) is 1. The summed E-state index contributed by atoms with van der Waals surface area (Å²) in [6, 6.07) is 5.92. The molecule has 0 bridgehead atoms. The Labute approximate surface area is 132 Å². The highest BCUT2D eigenvalue weighted by molar-refractivity contribution is 5.79. The molecule has 0 radical (unpaired) electrons. The Bertz CT molecular complexity index is 603. The van der Waals surface area contributed by atoms with Gasteiger partial charge >= 0.3 is 0 Å². The molecule has 2 aromatic heterocycles. The number of nitrogens with zero attached hydrogens (tertiary/aromatic N) is 5. The third-order valence-electron chi connectivity index (χ3n) is 3.52. The lowest BCUT2D eigenvalue weighted by atomic mass is 10.3. The van der Waals surface area contributed by atoms with Crippen LogP contribution in [-0.2, 0) is 6.42 Å². The average Bonchev–Trinajstić information content (AvgIpc) is 2.95. The van der Waals surface area contributed by atoms with E-state index in [9.17, 15) is 0 Å². The number of aliphatic imine (C=N–C) groups is 1. The van der Waals surface area contributed by atoms with Crippen molar-refractivity contribution >= 4 is 11.6 Å². The second-order valence-electron chi connectivity index (χ2n) is 5.31. The van der Waals surface area contributed by atoms with Gasteiger partial charge in [-0.3, -0.25) is 9.39 Å². The number of hydrogen-bond donors (Lipinski definition) is 1. The summed E-state index contributed by atoms with van der Waals surface area (Å²) in [5.74, 6) is 1.91. The van der Waals surface area contributed by atoms with Crippen molar-refractivity contribution in [1.82, 2.24) is 24.8 Å². The van der Waals surface area contributed by atoms with Gasteiger partial charge in [0.15, 0.2) is 11.6 Å². The van der Waals surface area contributed by atoms with Crippen LogP contribution in [0.3, 0.4) is 0 Å². The Kier molecular flexibility index (Phi) is 6.18. The molecule has 2 heterocycles. The van der Waals surface area contributed by atoms with E-state index in [1.165, 1.54) is 12.8 Å². The molecule has 0 saturated carbocycles. The molecule has 0 aromatic carbocycles. The van der Waals surface area contributed by atoms with E-state index in [2.05, 4.69) is 41.3 Å². The van der Waals surface area contributed by atoms with E-state index in [1.54, 1.807) is 0 Å². The molecule has 22 heavy (non-hydrogen) atoms. The Morgan fingerprint density at radius 3 is 2.95 bits per heavy atom. The van der Waals surface area contributed by atoms with Crippen molar-refractivity contribution in [2.75, 3.05) is 26.7 Å². The SMILES string of the molecule is CCCCN(C)C(=NCCc1nnc2ccccn12)NCC. The Balaban J connectivity index is 1.98. The number of hydrogen-bond acceptors (Lipinski definition) is 3. The van der Waals surface area contributed by atoms with Crippen LogP contribution in [0.5, 0.6) is 0 Å². The molecule has 2 aromatic rings. The van der Waals surface area contributed by atoms with E-state index in [1.807, 2.05) is 28.8 Å². The normalized spacial score (nSPS) is 11.9. The first-order valence-electron chi connectivity index (χ1n) is 8.04. The van der Waals surface area contributed by atoms with Crippen molar-refractivity contribution in [2.45, 2.75) is 33.1 Å². The van der Waals surface area contributed by atoms with Gasteiger partial charge in [0.25, 0.3) is 0 Å². The van der Waals surface area contributed by atoms with E-state index < -0.39 is 0 Å². The molecular formula is C16H26N6. The summed E-state index contributed by atoms with van der Waals surface area (Å²) >= 11 is 0. The maximum atomic E-state index is 4.70. The van der Waals surface area contributed by atoms with E-state index in [-0.39, 0.29) is 0 Å². The number of rotatable bonds is 7. The summed E-state index contributed by atoms with van der Waals surface area (Å²) in [5, 5.41) is 11.8. The second kappa shape index (κ2) is 8.36. The molecule has 0 fully saturated rings. The second-order valence-corrected chi connectivity index (χ2v) is 5.31. The Morgan fingerprint density at radius 2 is 2.18 bits per heavy atom. The highest BCUT2D eigenvalue weighted by Gasteiger charge is 2.06. The van der Waals surface area contributed by atoms with Crippen LogP contribution >= 0.6 is 0 Å². The van der Waals surface area contributed by atoms with E-state index in [4.69, 9.17) is 4.99 Å². The Morgan fingerprint density at radius 1 is 1.32 bits per heavy atom. The largest absolute Gasteiger partial charge is 0.357 e. The van der Waals surface area contributed by atoms with Gasteiger partial charge in [0.1, 0.15) is 5.82 Å². The lowest BCUT2D eigenvalue weighted by molar-refractivity contribution is 0.465. The molecule has 0 aliphatic rings. The van der Waals surface area contributed by atoms with Crippen molar-refractivity contribution in [1.29, 1.82) is 0 Å². The van der Waals surface area contributed by atoms with E-state index in [0.29, 0.717) is 6.54 Å². The minimum atomic E-state index is 0.703. The molecule has 2 rings (SSSR count). The zero-order valence-electron chi connectivity index (χ0n) is 13.8. The van der Waals surface area contributed by atoms with Gasteiger partial charge in [-0.15, -0.1) is 10.2 Å². The number of fused-ring (bicyclic) bond motifs is 1. The molecule has 0 unspecified atom stereocenters. The van der Waals surface area contributed by atoms with Crippen LogP contribution < -0.4 is 5.32 Å². The lowest BCUT2D eigenvalue weighted by Crippen LogP contribution is -2.39. The van der Waals surface area contributed by atoms with Crippen molar-refractivity contribution in [3.63, 3.8) is 0 Å². The van der Waals surface area contributed by atoms with Gasteiger partial charge in [0.05, 0.1) is 0 Å². The number of unbranched alkanes of at least 4 members (excludes halogenated alkanes) is 1. The summed E-state index contributed by atoms with van der Waals surface area (Å²) in [4.78, 5) is 6.89. The van der Waals surface area contributed by atoms with Crippen LogP contribution in [0.15, 0.2) is 29.4 Å². The van der Waals surface area contributed by atoms with E-state index >= 15 is 0 Å². The van der Waals surface area contributed by atoms with Crippen molar-refractivity contribution < 1.29 is 0 Å². The van der Waals surface area contributed by atoms with Gasteiger partial charge in [-0.1, -0.05) is 19.4 Å². The summed E-state index contributed by atoms with van der Waals surface area (Å²) in [6.07, 6.45) is 5.14. The topological polar surface area (TPSA) is 57.8 Å². The van der Waals surface area contributed by atoms with Gasteiger partial charge in [-0.25, -0.2) is 0 Å². The first-order chi connectivity index (χ1) is 10.8. The molecule has 0 aliphatic carbocycles. The number of guanidine groups is 1. The van der Waals surface area contributed by atoms with Gasteiger partial charge < -0.3 is 10.2 Å². The number of pyridine rings is 1. The molecular weight excluding hydrogens is 276 g/mol. The number of aromatic nitrogens is 3. The third kappa shape index (κ3) is 4.19. The quantitative estimate of drug-likeness (QED) is 0.627. The highest BCUT2D eigenvalue weighted by atomic mass is 15.3. The molecule has 6 heteroatoms. The molecule has 0 spiro atoms. The van der Waals surface area contributed by atoms with Crippen molar-refractivity contribution in [3.8, 4) is 0 Å². The van der Waals surface area contributed by atoms with Crippen LogP contribution in [-0.4, -0.2) is 52.1 Å². The summed E-state index contributed by atoms with van der Waals surface area (Å²) in [6.45, 7) is 6.90. The lowest BCUT2D eigenvalue weighted by Gasteiger charge is -2.21. The van der Waals surface area contributed by atoms with Crippen molar-refractivity contribution in [2.24, 2.45) is 4.99 Å².